The summed E-state index contributed by atoms with van der Waals surface area (Å²) in [6.07, 6.45) is 5.69. The predicted molar refractivity (Wildman–Crippen MR) is 122 cm³/mol. The lowest BCUT2D eigenvalue weighted by Gasteiger charge is -2.26. The molecule has 2 aromatic rings. The van der Waals surface area contributed by atoms with Gasteiger partial charge < -0.3 is 19.2 Å². The number of nitrogens with zero attached hydrogens (tertiary/aromatic N) is 3. The van der Waals surface area contributed by atoms with Crippen molar-refractivity contribution in [3.8, 4) is 5.75 Å². The van der Waals surface area contributed by atoms with Gasteiger partial charge in [-0.2, -0.15) is 4.31 Å². The monoisotopic (exact) mass is 496 g/mol. The Morgan fingerprint density at radius 2 is 1.97 bits per heavy atom. The molecule has 10 nitrogen and oxygen atoms in total. The van der Waals surface area contributed by atoms with Gasteiger partial charge in [-0.05, 0) is 31.0 Å². The number of benzene rings is 1. The van der Waals surface area contributed by atoms with Crippen molar-refractivity contribution >= 4 is 33.4 Å². The molecule has 4 rings (SSSR count). The maximum Gasteiger partial charge on any atom is 0.277 e. The number of hydrogen-bond donors (Lipinski definition) is 1. The standard InChI is InChI=1S/C21H28N4O6S2/c1-29-17-8-7-16(13-18(17)33(27,28)25-9-11-30-12-10-25)22-19(26)14-32-21-24-23-20(31-21)15-5-3-2-4-6-15/h7-8,13,15H,2-6,9-12,14H2,1H3,(H,22,26). The van der Waals surface area contributed by atoms with E-state index in [1.54, 1.807) is 6.07 Å². The molecule has 1 saturated carbocycles. The molecule has 1 aliphatic heterocycles. The third-order valence-electron chi connectivity index (χ3n) is 5.74. The van der Waals surface area contributed by atoms with Crippen LogP contribution in [0, 0.1) is 0 Å². The summed E-state index contributed by atoms with van der Waals surface area (Å²) in [5.74, 6) is 0.919. The average molecular weight is 497 g/mol. The number of hydrogen-bond acceptors (Lipinski definition) is 9. The van der Waals surface area contributed by atoms with Crippen molar-refractivity contribution in [2.24, 2.45) is 0 Å². The number of anilines is 1. The fraction of sp³-hybridized carbons (Fsp3) is 0.571. The lowest BCUT2D eigenvalue weighted by Crippen LogP contribution is -2.40. The lowest BCUT2D eigenvalue weighted by atomic mass is 9.89. The Labute approximate surface area is 197 Å². The van der Waals surface area contributed by atoms with E-state index in [0.29, 0.717) is 35.9 Å². The first-order chi connectivity index (χ1) is 16.0. The molecule has 1 saturated heterocycles. The van der Waals surface area contributed by atoms with E-state index in [1.807, 2.05) is 0 Å². The van der Waals surface area contributed by atoms with Crippen LogP contribution in [0.3, 0.4) is 0 Å². The van der Waals surface area contributed by atoms with Crippen LogP contribution in [0.25, 0.3) is 0 Å². The highest BCUT2D eigenvalue weighted by Gasteiger charge is 2.29. The van der Waals surface area contributed by atoms with Crippen molar-refractivity contribution < 1.29 is 27.1 Å². The minimum Gasteiger partial charge on any atom is -0.495 e. The Morgan fingerprint density at radius 3 is 2.70 bits per heavy atom. The van der Waals surface area contributed by atoms with Gasteiger partial charge in [0.1, 0.15) is 10.6 Å². The van der Waals surface area contributed by atoms with Crippen molar-refractivity contribution in [2.45, 2.75) is 48.1 Å². The van der Waals surface area contributed by atoms with Crippen molar-refractivity contribution in [3.05, 3.63) is 24.1 Å². The van der Waals surface area contributed by atoms with Gasteiger partial charge in [-0.1, -0.05) is 31.0 Å². The van der Waals surface area contributed by atoms with Gasteiger partial charge in [0.15, 0.2) is 0 Å². The van der Waals surface area contributed by atoms with Crippen LogP contribution in [0.2, 0.25) is 0 Å². The summed E-state index contributed by atoms with van der Waals surface area (Å²) in [4.78, 5) is 12.5. The third kappa shape index (κ3) is 5.86. The number of thioether (sulfide) groups is 1. The van der Waals surface area contributed by atoms with Gasteiger partial charge in [0, 0.05) is 24.7 Å². The summed E-state index contributed by atoms with van der Waals surface area (Å²) < 4.78 is 43.8. The van der Waals surface area contributed by atoms with E-state index in [0.717, 1.165) is 24.6 Å². The maximum atomic E-state index is 13.1. The zero-order valence-electron chi connectivity index (χ0n) is 18.5. The highest BCUT2D eigenvalue weighted by atomic mass is 32.2. The Balaban J connectivity index is 1.39. The third-order valence-corrected chi connectivity index (χ3v) is 8.48. The first-order valence-electron chi connectivity index (χ1n) is 11.0. The van der Waals surface area contributed by atoms with Crippen LogP contribution >= 0.6 is 11.8 Å². The molecule has 0 atom stereocenters. The van der Waals surface area contributed by atoms with E-state index >= 15 is 0 Å². The fourth-order valence-corrected chi connectivity index (χ4v) is 6.16. The normalized spacial score (nSPS) is 18.2. The van der Waals surface area contributed by atoms with Gasteiger partial charge in [0.05, 0.1) is 26.1 Å². The molecule has 180 valence electrons. The Hall–Kier alpha value is -2.15. The van der Waals surface area contributed by atoms with Crippen molar-refractivity contribution in [1.82, 2.24) is 14.5 Å². The number of rotatable bonds is 8. The predicted octanol–water partition coefficient (Wildman–Crippen LogP) is 2.88. The van der Waals surface area contributed by atoms with Gasteiger partial charge in [0.25, 0.3) is 5.22 Å². The summed E-state index contributed by atoms with van der Waals surface area (Å²) in [6, 6.07) is 4.55. The number of morpholine rings is 1. The second-order valence-electron chi connectivity index (χ2n) is 7.96. The Morgan fingerprint density at radius 1 is 1.21 bits per heavy atom. The molecule has 1 aromatic heterocycles. The average Bonchev–Trinajstić information content (AvgIpc) is 3.33. The highest BCUT2D eigenvalue weighted by molar-refractivity contribution is 7.99. The van der Waals surface area contributed by atoms with E-state index in [-0.39, 0.29) is 35.4 Å². The summed E-state index contributed by atoms with van der Waals surface area (Å²) in [5, 5.41) is 11.3. The van der Waals surface area contributed by atoms with E-state index in [9.17, 15) is 13.2 Å². The topological polar surface area (TPSA) is 124 Å². The number of amides is 1. The second-order valence-corrected chi connectivity index (χ2v) is 10.8. The summed E-state index contributed by atoms with van der Waals surface area (Å²) in [5.41, 5.74) is 0.363. The molecule has 33 heavy (non-hydrogen) atoms. The van der Waals surface area contributed by atoms with Crippen LogP contribution in [0.5, 0.6) is 5.75 Å². The summed E-state index contributed by atoms with van der Waals surface area (Å²) in [7, 11) is -2.38. The number of aromatic nitrogens is 2. The molecule has 2 aliphatic rings. The van der Waals surface area contributed by atoms with E-state index in [2.05, 4.69) is 15.5 Å². The van der Waals surface area contributed by atoms with Crippen LogP contribution in [-0.2, 0) is 19.6 Å². The largest absolute Gasteiger partial charge is 0.495 e. The molecular formula is C21H28N4O6S2. The lowest BCUT2D eigenvalue weighted by molar-refractivity contribution is -0.113. The van der Waals surface area contributed by atoms with Crippen molar-refractivity contribution in [2.75, 3.05) is 44.5 Å². The molecular weight excluding hydrogens is 468 g/mol. The van der Waals surface area contributed by atoms with Crippen LogP contribution in [0.15, 0.2) is 32.7 Å². The maximum absolute atomic E-state index is 13.1. The number of nitrogens with one attached hydrogen (secondary N) is 1. The van der Waals surface area contributed by atoms with Gasteiger partial charge in [-0.25, -0.2) is 8.42 Å². The number of carbonyl (C=O) groups is 1. The van der Waals surface area contributed by atoms with Gasteiger partial charge in [-0.15, -0.1) is 10.2 Å². The number of ether oxygens (including phenoxy) is 2. The van der Waals surface area contributed by atoms with E-state index in [4.69, 9.17) is 13.9 Å². The van der Waals surface area contributed by atoms with Crippen LogP contribution in [0.4, 0.5) is 5.69 Å². The minimum absolute atomic E-state index is 0.00591. The molecule has 12 heteroatoms. The van der Waals surface area contributed by atoms with Crippen LogP contribution in [-0.4, -0.2) is 68.0 Å². The molecule has 2 fully saturated rings. The first kappa shape index (κ1) is 24.0. The molecule has 2 heterocycles. The Bertz CT molecular complexity index is 1060. The number of methoxy groups -OCH3 is 1. The van der Waals surface area contributed by atoms with Crippen LogP contribution in [0.1, 0.15) is 43.9 Å². The molecule has 1 aliphatic carbocycles. The number of carbonyl (C=O) groups excluding carboxylic acids is 1. The fourth-order valence-electron chi connectivity index (χ4n) is 4.00. The molecule has 1 N–H and O–H groups in total. The SMILES string of the molecule is COc1ccc(NC(=O)CSc2nnc(C3CCCCC3)o2)cc1S(=O)(=O)N1CCOCC1. The van der Waals surface area contributed by atoms with Gasteiger partial charge in [0.2, 0.25) is 21.8 Å². The zero-order valence-corrected chi connectivity index (χ0v) is 20.1. The smallest absolute Gasteiger partial charge is 0.277 e. The van der Waals surface area contributed by atoms with Crippen molar-refractivity contribution in [1.29, 1.82) is 0 Å². The molecule has 0 radical (unpaired) electrons. The second kappa shape index (κ2) is 10.9. The summed E-state index contributed by atoms with van der Waals surface area (Å²) >= 11 is 1.16. The number of sulfonamides is 1. The molecule has 0 spiro atoms. The first-order valence-corrected chi connectivity index (χ1v) is 13.4. The quantitative estimate of drug-likeness (QED) is 0.549. The molecule has 1 aromatic carbocycles. The highest BCUT2D eigenvalue weighted by Crippen LogP contribution is 2.33. The van der Waals surface area contributed by atoms with E-state index < -0.39 is 10.0 Å². The molecule has 0 unspecified atom stereocenters. The van der Waals surface area contributed by atoms with Gasteiger partial charge in [-0.3, -0.25) is 4.79 Å². The van der Waals surface area contributed by atoms with E-state index in [1.165, 1.54) is 42.8 Å². The summed E-state index contributed by atoms with van der Waals surface area (Å²) in [6.45, 7) is 1.22. The van der Waals surface area contributed by atoms with Crippen molar-refractivity contribution in [3.63, 3.8) is 0 Å². The van der Waals surface area contributed by atoms with Crippen LogP contribution < -0.4 is 10.1 Å². The van der Waals surface area contributed by atoms with Gasteiger partial charge >= 0.3 is 0 Å². The minimum atomic E-state index is -3.79. The zero-order chi connectivity index (χ0) is 23.3. The molecule has 1 amide bonds. The molecule has 0 bridgehead atoms. The Kier molecular flexibility index (Phi) is 7.89.